The number of pyridine rings is 1. The number of benzene rings is 1. The molecule has 7 nitrogen and oxygen atoms in total. The van der Waals surface area contributed by atoms with E-state index in [1.807, 2.05) is 29.3 Å². The fraction of sp³-hybridized carbons (Fsp3) is 0.391. The highest BCUT2D eigenvalue weighted by Crippen LogP contribution is 2.38. The van der Waals surface area contributed by atoms with Crippen molar-refractivity contribution in [1.82, 2.24) is 20.2 Å². The Morgan fingerprint density at radius 3 is 2.94 bits per heavy atom. The zero-order valence-electron chi connectivity index (χ0n) is 17.1. The van der Waals surface area contributed by atoms with E-state index >= 15 is 0 Å². The van der Waals surface area contributed by atoms with E-state index in [1.54, 1.807) is 18.3 Å². The van der Waals surface area contributed by atoms with Crippen molar-refractivity contribution in [2.45, 2.75) is 18.9 Å². The molecule has 1 aromatic carbocycles. The number of amides is 1. The van der Waals surface area contributed by atoms with Crippen LogP contribution in [0.4, 0.5) is 0 Å². The number of aromatic nitrogens is 2. The van der Waals surface area contributed by atoms with Gasteiger partial charge in [-0.2, -0.15) is 0 Å². The van der Waals surface area contributed by atoms with E-state index in [0.717, 1.165) is 61.4 Å². The average molecular weight is 441 g/mol. The van der Waals surface area contributed by atoms with E-state index in [0.29, 0.717) is 18.1 Å². The number of H-pyrrole nitrogens is 1. The van der Waals surface area contributed by atoms with Gasteiger partial charge in [0.05, 0.1) is 5.56 Å². The Labute approximate surface area is 185 Å². The van der Waals surface area contributed by atoms with Crippen LogP contribution >= 0.6 is 11.6 Å². The lowest BCUT2D eigenvalue weighted by molar-refractivity contribution is 0.0682. The van der Waals surface area contributed by atoms with Crippen molar-refractivity contribution in [2.24, 2.45) is 5.92 Å². The lowest BCUT2D eigenvalue weighted by Crippen LogP contribution is -2.43. The van der Waals surface area contributed by atoms with Crippen LogP contribution in [-0.2, 0) is 0 Å². The molecule has 0 radical (unpaired) electrons. The van der Waals surface area contributed by atoms with Crippen molar-refractivity contribution in [2.75, 3.05) is 32.8 Å². The highest BCUT2D eigenvalue weighted by atomic mass is 35.5. The molecule has 2 aliphatic rings. The SMILES string of the molecule is O=C(c1cccnc1Cl)N1CCC(CNCC2COc3ccc4[nH]ccc4c3O2)CC1. The Balaban J connectivity index is 1.09. The Morgan fingerprint density at radius 1 is 1.23 bits per heavy atom. The quantitative estimate of drug-likeness (QED) is 0.593. The first-order valence-electron chi connectivity index (χ1n) is 10.7. The van der Waals surface area contributed by atoms with Gasteiger partial charge in [-0.3, -0.25) is 4.79 Å². The van der Waals surface area contributed by atoms with Gasteiger partial charge in [0.2, 0.25) is 0 Å². The monoisotopic (exact) mass is 440 g/mol. The van der Waals surface area contributed by atoms with Gasteiger partial charge in [-0.1, -0.05) is 11.6 Å². The molecule has 0 aliphatic carbocycles. The van der Waals surface area contributed by atoms with Crippen LogP contribution in [0.5, 0.6) is 11.5 Å². The third kappa shape index (κ3) is 4.20. The molecule has 5 rings (SSSR count). The minimum absolute atomic E-state index is 0.0256. The predicted molar refractivity (Wildman–Crippen MR) is 119 cm³/mol. The van der Waals surface area contributed by atoms with Crippen molar-refractivity contribution in [3.8, 4) is 11.5 Å². The van der Waals surface area contributed by atoms with Crippen LogP contribution in [0.15, 0.2) is 42.7 Å². The van der Waals surface area contributed by atoms with Crippen molar-refractivity contribution in [3.05, 3.63) is 53.4 Å². The maximum Gasteiger partial charge on any atom is 0.256 e. The zero-order valence-corrected chi connectivity index (χ0v) is 17.9. The van der Waals surface area contributed by atoms with E-state index in [-0.39, 0.29) is 17.2 Å². The van der Waals surface area contributed by atoms with Gasteiger partial charge in [-0.05, 0) is 55.6 Å². The maximum atomic E-state index is 12.7. The highest BCUT2D eigenvalue weighted by molar-refractivity contribution is 6.32. The van der Waals surface area contributed by atoms with Gasteiger partial charge in [0.15, 0.2) is 11.5 Å². The van der Waals surface area contributed by atoms with E-state index < -0.39 is 0 Å². The summed E-state index contributed by atoms with van der Waals surface area (Å²) in [7, 11) is 0. The molecule has 1 atom stereocenters. The molecule has 1 saturated heterocycles. The molecule has 0 saturated carbocycles. The Hall–Kier alpha value is -2.77. The summed E-state index contributed by atoms with van der Waals surface area (Å²) >= 11 is 6.07. The second kappa shape index (κ2) is 8.77. The van der Waals surface area contributed by atoms with Gasteiger partial charge >= 0.3 is 0 Å². The minimum Gasteiger partial charge on any atom is -0.486 e. The number of carbonyl (C=O) groups is 1. The van der Waals surface area contributed by atoms with Gasteiger partial charge in [-0.25, -0.2) is 4.98 Å². The molecule has 1 fully saturated rings. The van der Waals surface area contributed by atoms with Crippen LogP contribution in [-0.4, -0.2) is 59.7 Å². The molecule has 2 aromatic heterocycles. The number of carbonyl (C=O) groups excluding carboxylic acids is 1. The molecular weight excluding hydrogens is 416 g/mol. The fourth-order valence-electron chi connectivity index (χ4n) is 4.31. The standard InChI is InChI=1S/C23H25ClN4O3/c24-22-18(2-1-8-27-22)23(29)28-10-6-15(7-11-28)12-25-13-16-14-30-20-4-3-19-17(5-9-26-19)21(20)31-16/h1-5,8-9,15-16,25-26H,6-7,10-14H2. The van der Waals surface area contributed by atoms with Gasteiger partial charge < -0.3 is 24.7 Å². The lowest BCUT2D eigenvalue weighted by atomic mass is 9.96. The molecular formula is C23H25ClN4O3. The summed E-state index contributed by atoms with van der Waals surface area (Å²) in [5.74, 6) is 2.11. The number of nitrogens with one attached hydrogen (secondary N) is 2. The highest BCUT2D eigenvalue weighted by Gasteiger charge is 2.26. The summed E-state index contributed by atoms with van der Waals surface area (Å²) in [6.07, 6.45) is 5.41. The zero-order chi connectivity index (χ0) is 21.2. The van der Waals surface area contributed by atoms with E-state index in [2.05, 4.69) is 15.3 Å². The number of aromatic amines is 1. The van der Waals surface area contributed by atoms with Crippen LogP contribution in [0.25, 0.3) is 10.9 Å². The van der Waals surface area contributed by atoms with Crippen LogP contribution in [0.2, 0.25) is 5.15 Å². The number of halogens is 1. The Bertz CT molecular complexity index is 1080. The maximum absolute atomic E-state index is 12.7. The van der Waals surface area contributed by atoms with E-state index in [9.17, 15) is 4.79 Å². The molecule has 2 N–H and O–H groups in total. The summed E-state index contributed by atoms with van der Waals surface area (Å²) in [5, 5.41) is 4.85. The number of ether oxygens (including phenoxy) is 2. The van der Waals surface area contributed by atoms with Gasteiger partial charge in [0, 0.05) is 42.9 Å². The van der Waals surface area contributed by atoms with Crippen molar-refractivity contribution in [3.63, 3.8) is 0 Å². The molecule has 8 heteroatoms. The van der Waals surface area contributed by atoms with Crippen LogP contribution < -0.4 is 14.8 Å². The van der Waals surface area contributed by atoms with Crippen LogP contribution in [0.1, 0.15) is 23.2 Å². The smallest absolute Gasteiger partial charge is 0.256 e. The van der Waals surface area contributed by atoms with E-state index in [1.165, 1.54) is 0 Å². The molecule has 1 unspecified atom stereocenters. The molecule has 4 heterocycles. The topological polar surface area (TPSA) is 79.5 Å². The first-order chi connectivity index (χ1) is 15.2. The largest absolute Gasteiger partial charge is 0.486 e. The first-order valence-corrected chi connectivity index (χ1v) is 11.1. The first kappa shape index (κ1) is 20.2. The Kier molecular flexibility index (Phi) is 5.70. The summed E-state index contributed by atoms with van der Waals surface area (Å²) in [4.78, 5) is 21.8. The van der Waals surface area contributed by atoms with Gasteiger partial charge in [0.25, 0.3) is 5.91 Å². The second-order valence-electron chi connectivity index (χ2n) is 8.12. The molecule has 0 bridgehead atoms. The normalized spacial score (nSPS) is 19.0. The third-order valence-corrected chi connectivity index (χ3v) is 6.36. The lowest BCUT2D eigenvalue weighted by Gasteiger charge is -2.33. The van der Waals surface area contributed by atoms with E-state index in [4.69, 9.17) is 21.1 Å². The molecule has 31 heavy (non-hydrogen) atoms. The number of hydrogen-bond donors (Lipinski definition) is 2. The minimum atomic E-state index is -0.0352. The molecule has 162 valence electrons. The summed E-state index contributed by atoms with van der Waals surface area (Å²) < 4.78 is 12.1. The van der Waals surface area contributed by atoms with Crippen molar-refractivity contribution < 1.29 is 14.3 Å². The van der Waals surface area contributed by atoms with Crippen LogP contribution in [0, 0.1) is 5.92 Å². The molecule has 0 spiro atoms. The van der Waals surface area contributed by atoms with Crippen LogP contribution in [0.3, 0.4) is 0 Å². The van der Waals surface area contributed by atoms with Gasteiger partial charge in [-0.15, -0.1) is 0 Å². The number of piperidine rings is 1. The number of nitrogens with zero attached hydrogens (tertiary/aromatic N) is 2. The number of rotatable bonds is 5. The summed E-state index contributed by atoms with van der Waals surface area (Å²) in [6, 6.07) is 9.45. The average Bonchev–Trinajstić information content (AvgIpc) is 3.29. The summed E-state index contributed by atoms with van der Waals surface area (Å²) in [5.41, 5.74) is 1.52. The summed E-state index contributed by atoms with van der Waals surface area (Å²) in [6.45, 7) is 3.63. The molecule has 2 aliphatic heterocycles. The fourth-order valence-corrected chi connectivity index (χ4v) is 4.51. The molecule has 3 aromatic rings. The number of fused-ring (bicyclic) bond motifs is 3. The number of likely N-dealkylation sites (tertiary alicyclic amines) is 1. The third-order valence-electron chi connectivity index (χ3n) is 6.05. The number of hydrogen-bond acceptors (Lipinski definition) is 5. The molecule has 1 amide bonds. The Morgan fingerprint density at radius 2 is 2.10 bits per heavy atom. The van der Waals surface area contributed by atoms with Crippen molar-refractivity contribution in [1.29, 1.82) is 0 Å². The second-order valence-corrected chi connectivity index (χ2v) is 8.48. The van der Waals surface area contributed by atoms with Crippen molar-refractivity contribution >= 4 is 28.4 Å². The van der Waals surface area contributed by atoms with Gasteiger partial charge in [0.1, 0.15) is 17.9 Å². The predicted octanol–water partition coefficient (Wildman–Crippen LogP) is 3.50.